The fraction of sp³-hybridized carbons (Fsp3) is 0.348. The molecule has 0 unspecified atom stereocenters. The summed E-state index contributed by atoms with van der Waals surface area (Å²) >= 11 is 5.86. The van der Waals surface area contributed by atoms with Crippen molar-refractivity contribution in [3.63, 3.8) is 0 Å². The molecule has 0 spiro atoms. The van der Waals surface area contributed by atoms with Crippen LogP contribution in [-0.4, -0.2) is 66.2 Å². The topological polar surface area (TPSA) is 120 Å². The number of likely N-dealkylation sites (tertiary alicyclic amines) is 1. The van der Waals surface area contributed by atoms with Crippen LogP contribution in [0.4, 0.5) is 21.9 Å². The standard InChI is InChI=1S/C23H27ClN4O5/c1-2-33-14-20(30)12-25-16-7-9-17(10-8-16)26-22(31)21-11-19(29)13-28(21)23(32)27-18-5-3-15(24)4-6-18/h3-10,19,21,25,29H,2,11-14H2,1H3,(H,26,31)(H,27,32)/t19-,21-/m1/s1. The molecule has 176 valence electrons. The Balaban J connectivity index is 1.56. The Morgan fingerprint density at radius 1 is 1.03 bits per heavy atom. The number of ether oxygens (including phenoxy) is 1. The highest BCUT2D eigenvalue weighted by Crippen LogP contribution is 2.22. The fourth-order valence-electron chi connectivity index (χ4n) is 3.38. The molecular formula is C23H27ClN4O5. The van der Waals surface area contributed by atoms with Crippen LogP contribution >= 0.6 is 11.6 Å². The van der Waals surface area contributed by atoms with Crippen LogP contribution in [0.3, 0.4) is 0 Å². The van der Waals surface area contributed by atoms with Crippen molar-refractivity contribution in [3.05, 3.63) is 53.6 Å². The van der Waals surface area contributed by atoms with Gasteiger partial charge in [-0.15, -0.1) is 0 Å². The van der Waals surface area contributed by atoms with Gasteiger partial charge in [0.15, 0.2) is 5.78 Å². The number of hydrogen-bond donors (Lipinski definition) is 4. The van der Waals surface area contributed by atoms with Crippen molar-refractivity contribution in [2.45, 2.75) is 25.5 Å². The highest BCUT2D eigenvalue weighted by Gasteiger charge is 2.39. The quantitative estimate of drug-likeness (QED) is 0.443. The molecule has 3 rings (SSSR count). The van der Waals surface area contributed by atoms with Gasteiger partial charge in [-0.2, -0.15) is 0 Å². The van der Waals surface area contributed by atoms with Crippen LogP contribution in [0.1, 0.15) is 13.3 Å². The number of urea groups is 1. The lowest BCUT2D eigenvalue weighted by molar-refractivity contribution is -0.121. The average Bonchev–Trinajstić information content (AvgIpc) is 3.20. The molecule has 10 heteroatoms. The van der Waals surface area contributed by atoms with Gasteiger partial charge in [-0.25, -0.2) is 4.79 Å². The SMILES string of the molecule is CCOCC(=O)CNc1ccc(NC(=O)[C@H]2C[C@@H](O)CN2C(=O)Nc2ccc(Cl)cc2)cc1. The molecule has 1 heterocycles. The molecule has 33 heavy (non-hydrogen) atoms. The number of carbonyl (C=O) groups excluding carboxylic acids is 3. The largest absolute Gasteiger partial charge is 0.391 e. The molecule has 0 aliphatic carbocycles. The van der Waals surface area contributed by atoms with E-state index in [2.05, 4.69) is 16.0 Å². The summed E-state index contributed by atoms with van der Waals surface area (Å²) in [5.74, 6) is -0.462. The van der Waals surface area contributed by atoms with Gasteiger partial charge in [0.25, 0.3) is 0 Å². The summed E-state index contributed by atoms with van der Waals surface area (Å²) < 4.78 is 5.07. The second-order valence-electron chi connectivity index (χ2n) is 7.59. The maximum atomic E-state index is 12.8. The van der Waals surface area contributed by atoms with E-state index in [-0.39, 0.29) is 31.9 Å². The van der Waals surface area contributed by atoms with Gasteiger partial charge in [-0.1, -0.05) is 11.6 Å². The van der Waals surface area contributed by atoms with E-state index in [1.165, 1.54) is 4.90 Å². The van der Waals surface area contributed by atoms with Crippen LogP contribution < -0.4 is 16.0 Å². The van der Waals surface area contributed by atoms with Gasteiger partial charge in [0, 0.05) is 41.7 Å². The van der Waals surface area contributed by atoms with Crippen LogP contribution in [0.5, 0.6) is 0 Å². The first-order valence-electron chi connectivity index (χ1n) is 10.6. The highest BCUT2D eigenvalue weighted by molar-refractivity contribution is 6.30. The van der Waals surface area contributed by atoms with Gasteiger partial charge in [0.05, 0.1) is 12.6 Å². The highest BCUT2D eigenvalue weighted by atomic mass is 35.5. The van der Waals surface area contributed by atoms with E-state index < -0.39 is 24.1 Å². The van der Waals surface area contributed by atoms with Crippen LogP contribution in [0, 0.1) is 0 Å². The summed E-state index contributed by atoms with van der Waals surface area (Å²) in [4.78, 5) is 38.5. The Kier molecular flexibility index (Phi) is 8.65. The van der Waals surface area contributed by atoms with Crippen LogP contribution in [-0.2, 0) is 14.3 Å². The lowest BCUT2D eigenvalue weighted by Gasteiger charge is -2.24. The summed E-state index contributed by atoms with van der Waals surface area (Å²) in [6.07, 6.45) is -0.654. The number of benzene rings is 2. The number of ketones is 1. The van der Waals surface area contributed by atoms with Gasteiger partial charge in [-0.05, 0) is 55.5 Å². The molecule has 1 aliphatic rings. The summed E-state index contributed by atoms with van der Waals surface area (Å²) in [5, 5.41) is 19.1. The molecule has 9 nitrogen and oxygen atoms in total. The smallest absolute Gasteiger partial charge is 0.322 e. The summed E-state index contributed by atoms with van der Waals surface area (Å²) in [6.45, 7) is 2.57. The number of hydrogen-bond acceptors (Lipinski definition) is 6. The Morgan fingerprint density at radius 3 is 2.30 bits per heavy atom. The van der Waals surface area contributed by atoms with E-state index in [1.54, 1.807) is 48.5 Å². The first kappa shape index (κ1) is 24.5. The molecule has 2 aromatic carbocycles. The molecule has 2 aromatic rings. The number of Topliss-reactive ketones (excluding diaryl/α,β-unsaturated/α-hetero) is 1. The first-order chi connectivity index (χ1) is 15.9. The lowest BCUT2D eigenvalue weighted by atomic mass is 10.1. The minimum absolute atomic E-state index is 0.0517. The lowest BCUT2D eigenvalue weighted by Crippen LogP contribution is -2.45. The maximum absolute atomic E-state index is 12.8. The molecule has 2 atom stereocenters. The molecule has 1 saturated heterocycles. The summed E-state index contributed by atoms with van der Waals surface area (Å²) in [5.41, 5.74) is 1.79. The monoisotopic (exact) mass is 474 g/mol. The van der Waals surface area contributed by atoms with Crippen LogP contribution in [0.2, 0.25) is 5.02 Å². The van der Waals surface area contributed by atoms with Gasteiger partial charge >= 0.3 is 6.03 Å². The van der Waals surface area contributed by atoms with Gasteiger partial charge in [-0.3, -0.25) is 9.59 Å². The molecule has 1 aliphatic heterocycles. The third kappa shape index (κ3) is 7.18. The normalized spacial score (nSPS) is 17.5. The zero-order chi connectivity index (χ0) is 23.8. The van der Waals surface area contributed by atoms with Crippen molar-refractivity contribution in [1.82, 2.24) is 4.90 Å². The van der Waals surface area contributed by atoms with Crippen molar-refractivity contribution in [1.29, 1.82) is 0 Å². The Labute approximate surface area is 197 Å². The number of anilines is 3. The second-order valence-corrected chi connectivity index (χ2v) is 8.03. The number of aliphatic hydroxyl groups excluding tert-OH is 1. The predicted octanol–water partition coefficient (Wildman–Crippen LogP) is 2.96. The molecule has 3 amide bonds. The molecule has 0 bridgehead atoms. The van der Waals surface area contributed by atoms with E-state index in [0.717, 1.165) is 5.69 Å². The first-order valence-corrected chi connectivity index (χ1v) is 11.0. The minimum Gasteiger partial charge on any atom is -0.391 e. The number of aliphatic hydroxyl groups is 1. The number of nitrogens with one attached hydrogen (secondary N) is 3. The minimum atomic E-state index is -0.818. The molecule has 0 aromatic heterocycles. The number of nitrogens with zero attached hydrogens (tertiary/aromatic N) is 1. The molecular weight excluding hydrogens is 448 g/mol. The summed E-state index contributed by atoms with van der Waals surface area (Å²) in [7, 11) is 0. The van der Waals surface area contributed by atoms with Crippen molar-refractivity contribution >= 4 is 46.4 Å². The van der Waals surface area contributed by atoms with Crippen LogP contribution in [0.25, 0.3) is 0 Å². The van der Waals surface area contributed by atoms with E-state index >= 15 is 0 Å². The zero-order valence-corrected chi connectivity index (χ0v) is 19.0. The van der Waals surface area contributed by atoms with Crippen molar-refractivity contribution in [3.8, 4) is 0 Å². The van der Waals surface area contributed by atoms with Gasteiger partial charge in [0.2, 0.25) is 5.91 Å². The Hall–Kier alpha value is -3.14. The van der Waals surface area contributed by atoms with Crippen molar-refractivity contribution in [2.75, 3.05) is 42.3 Å². The molecule has 0 radical (unpaired) electrons. The van der Waals surface area contributed by atoms with E-state index in [4.69, 9.17) is 16.3 Å². The second kappa shape index (κ2) is 11.6. The number of β-amino-alcohol motifs (C(OH)–C–C–N with tert-alkyl or cyclic N) is 1. The summed E-state index contributed by atoms with van der Waals surface area (Å²) in [6, 6.07) is 12.2. The average molecular weight is 475 g/mol. The molecule has 0 saturated carbocycles. The van der Waals surface area contributed by atoms with E-state index in [9.17, 15) is 19.5 Å². The van der Waals surface area contributed by atoms with Crippen LogP contribution in [0.15, 0.2) is 48.5 Å². The molecule has 4 N–H and O–H groups in total. The fourth-order valence-corrected chi connectivity index (χ4v) is 3.51. The Morgan fingerprint density at radius 2 is 1.64 bits per heavy atom. The van der Waals surface area contributed by atoms with E-state index in [1.807, 2.05) is 6.92 Å². The number of amides is 3. The third-order valence-electron chi connectivity index (χ3n) is 5.05. The van der Waals surface area contributed by atoms with Gasteiger partial charge in [0.1, 0.15) is 12.6 Å². The van der Waals surface area contributed by atoms with Crippen molar-refractivity contribution < 1.29 is 24.2 Å². The Bertz CT molecular complexity index is 968. The number of carbonyl (C=O) groups is 3. The third-order valence-corrected chi connectivity index (χ3v) is 5.30. The predicted molar refractivity (Wildman–Crippen MR) is 127 cm³/mol. The number of halogens is 1. The van der Waals surface area contributed by atoms with Crippen molar-refractivity contribution in [2.24, 2.45) is 0 Å². The number of rotatable bonds is 9. The zero-order valence-electron chi connectivity index (χ0n) is 18.2. The van der Waals surface area contributed by atoms with E-state index in [0.29, 0.717) is 23.0 Å². The van der Waals surface area contributed by atoms with Gasteiger partial charge < -0.3 is 30.7 Å². The maximum Gasteiger partial charge on any atom is 0.322 e. The molecule has 1 fully saturated rings.